The minimum Gasteiger partial charge on any atom is -0.330 e. The van der Waals surface area contributed by atoms with Crippen molar-refractivity contribution >= 4 is 23.2 Å². The second-order valence-corrected chi connectivity index (χ2v) is 4.02. The summed E-state index contributed by atoms with van der Waals surface area (Å²) in [6, 6.07) is 8.02. The number of nitrogens with one attached hydrogen (secondary N) is 1. The fourth-order valence-electron chi connectivity index (χ4n) is 1.43. The van der Waals surface area contributed by atoms with Crippen molar-refractivity contribution in [3.05, 3.63) is 47.2 Å². The minimum atomic E-state index is 0.522. The molecule has 2 rings (SSSR count). The predicted octanol–water partition coefficient (Wildman–Crippen LogP) is 2.37. The van der Waals surface area contributed by atoms with Crippen LogP contribution in [0.15, 0.2) is 36.7 Å². The first-order valence-electron chi connectivity index (χ1n) is 5.31. The fraction of sp³-hybridized carbons (Fsp3) is 0.167. The zero-order valence-electron chi connectivity index (χ0n) is 9.23. The van der Waals surface area contributed by atoms with Crippen LogP contribution in [-0.4, -0.2) is 16.5 Å². The van der Waals surface area contributed by atoms with Crippen LogP contribution < -0.4 is 11.1 Å². The van der Waals surface area contributed by atoms with Crippen molar-refractivity contribution in [1.29, 1.82) is 0 Å². The third-order valence-electron chi connectivity index (χ3n) is 2.26. The van der Waals surface area contributed by atoms with E-state index in [0.29, 0.717) is 17.5 Å². The largest absolute Gasteiger partial charge is 0.330 e. The van der Waals surface area contributed by atoms with Crippen molar-refractivity contribution in [2.45, 2.75) is 6.42 Å². The summed E-state index contributed by atoms with van der Waals surface area (Å²) in [6.07, 6.45) is 4.00. The molecule has 3 N–H and O–H groups in total. The highest BCUT2D eigenvalue weighted by atomic mass is 35.5. The third-order valence-corrected chi connectivity index (χ3v) is 2.46. The second kappa shape index (κ2) is 5.61. The van der Waals surface area contributed by atoms with Gasteiger partial charge in [-0.25, -0.2) is 9.97 Å². The van der Waals surface area contributed by atoms with E-state index in [9.17, 15) is 0 Å². The number of nitrogens with two attached hydrogens (primary N) is 1. The van der Waals surface area contributed by atoms with E-state index in [0.717, 1.165) is 12.1 Å². The highest BCUT2D eigenvalue weighted by Crippen LogP contribution is 2.14. The van der Waals surface area contributed by atoms with Gasteiger partial charge in [0.2, 0.25) is 5.95 Å². The summed E-state index contributed by atoms with van der Waals surface area (Å²) in [7, 11) is 0. The Morgan fingerprint density at radius 3 is 2.35 bits per heavy atom. The van der Waals surface area contributed by atoms with E-state index in [1.165, 1.54) is 5.56 Å². The van der Waals surface area contributed by atoms with Gasteiger partial charge in [-0.2, -0.15) is 0 Å². The number of benzene rings is 1. The molecule has 5 heteroatoms. The van der Waals surface area contributed by atoms with Crippen LogP contribution in [0.4, 0.5) is 11.6 Å². The van der Waals surface area contributed by atoms with Crippen LogP contribution in [0.5, 0.6) is 0 Å². The number of rotatable bonds is 4. The molecule has 0 fully saturated rings. The number of anilines is 2. The van der Waals surface area contributed by atoms with Gasteiger partial charge in [0.25, 0.3) is 0 Å². The summed E-state index contributed by atoms with van der Waals surface area (Å²) in [5.74, 6) is 0.529. The van der Waals surface area contributed by atoms with Crippen LogP contribution in [0, 0.1) is 0 Å². The Kier molecular flexibility index (Phi) is 3.90. The number of aromatic nitrogens is 2. The Morgan fingerprint density at radius 1 is 1.12 bits per heavy atom. The Hall–Kier alpha value is -1.65. The zero-order chi connectivity index (χ0) is 12.1. The van der Waals surface area contributed by atoms with Crippen LogP contribution in [0.25, 0.3) is 0 Å². The highest BCUT2D eigenvalue weighted by molar-refractivity contribution is 6.30. The average molecular weight is 249 g/mol. The summed E-state index contributed by atoms with van der Waals surface area (Å²) in [5.41, 5.74) is 7.64. The van der Waals surface area contributed by atoms with Crippen LogP contribution in [-0.2, 0) is 6.42 Å². The second-order valence-electron chi connectivity index (χ2n) is 3.59. The summed E-state index contributed by atoms with van der Waals surface area (Å²) in [5, 5.41) is 3.61. The van der Waals surface area contributed by atoms with Gasteiger partial charge in [-0.3, -0.25) is 0 Å². The van der Waals surface area contributed by atoms with E-state index < -0.39 is 0 Å². The van der Waals surface area contributed by atoms with E-state index in [1.807, 2.05) is 24.3 Å². The molecule has 0 unspecified atom stereocenters. The minimum absolute atomic E-state index is 0.522. The molecule has 88 valence electrons. The lowest BCUT2D eigenvalue weighted by molar-refractivity contribution is 0.969. The molecule has 4 nitrogen and oxygen atoms in total. The smallest absolute Gasteiger partial charge is 0.227 e. The number of nitrogens with zero attached hydrogens (tertiary/aromatic N) is 2. The van der Waals surface area contributed by atoms with Crippen molar-refractivity contribution in [3.8, 4) is 0 Å². The maximum Gasteiger partial charge on any atom is 0.227 e. The maximum atomic E-state index is 5.71. The van der Waals surface area contributed by atoms with E-state index >= 15 is 0 Å². The highest BCUT2D eigenvalue weighted by Gasteiger charge is 1.98. The first-order valence-corrected chi connectivity index (χ1v) is 5.69. The Balaban J connectivity index is 2.05. The Morgan fingerprint density at radius 2 is 1.76 bits per heavy atom. The van der Waals surface area contributed by atoms with Crippen LogP contribution >= 0.6 is 11.6 Å². The summed E-state index contributed by atoms with van der Waals surface area (Å²) >= 11 is 5.71. The lowest BCUT2D eigenvalue weighted by atomic mass is 10.1. The SMILES string of the molecule is NCCc1ccc(Nc2ncc(Cl)cn2)cc1. The van der Waals surface area contributed by atoms with Crippen molar-refractivity contribution < 1.29 is 0 Å². The molecule has 0 bridgehead atoms. The molecule has 0 saturated carbocycles. The van der Waals surface area contributed by atoms with Crippen LogP contribution in [0.1, 0.15) is 5.56 Å². The van der Waals surface area contributed by atoms with Gasteiger partial charge >= 0.3 is 0 Å². The molecule has 0 spiro atoms. The lowest BCUT2D eigenvalue weighted by Crippen LogP contribution is -2.02. The molecule has 0 radical (unpaired) electrons. The van der Waals surface area contributed by atoms with Gasteiger partial charge in [0.15, 0.2) is 0 Å². The number of hydrogen-bond donors (Lipinski definition) is 2. The first-order chi connectivity index (χ1) is 8.28. The van der Waals surface area contributed by atoms with E-state index in [-0.39, 0.29) is 0 Å². The predicted molar refractivity (Wildman–Crippen MR) is 69.5 cm³/mol. The van der Waals surface area contributed by atoms with Crippen LogP contribution in [0.2, 0.25) is 5.02 Å². The van der Waals surface area contributed by atoms with E-state index in [1.54, 1.807) is 12.4 Å². The molecule has 0 aliphatic rings. The summed E-state index contributed by atoms with van der Waals surface area (Å²) in [4.78, 5) is 8.12. The molecule has 0 saturated heterocycles. The molecule has 17 heavy (non-hydrogen) atoms. The molecule has 0 aliphatic carbocycles. The van der Waals surface area contributed by atoms with Crippen molar-refractivity contribution in [2.75, 3.05) is 11.9 Å². The molecular formula is C12H13ClN4. The lowest BCUT2D eigenvalue weighted by Gasteiger charge is -2.05. The quantitative estimate of drug-likeness (QED) is 0.872. The zero-order valence-corrected chi connectivity index (χ0v) is 9.98. The maximum absolute atomic E-state index is 5.71. The van der Waals surface area contributed by atoms with Gasteiger partial charge in [0.1, 0.15) is 0 Å². The molecule has 1 aromatic heterocycles. The van der Waals surface area contributed by atoms with Crippen molar-refractivity contribution in [2.24, 2.45) is 5.73 Å². The first kappa shape index (κ1) is 11.8. The summed E-state index contributed by atoms with van der Waals surface area (Å²) in [6.45, 7) is 0.660. The Labute approximate surface area is 105 Å². The van der Waals surface area contributed by atoms with Gasteiger partial charge in [-0.15, -0.1) is 0 Å². The van der Waals surface area contributed by atoms with E-state index in [4.69, 9.17) is 17.3 Å². The topological polar surface area (TPSA) is 63.8 Å². The molecule has 1 heterocycles. The monoisotopic (exact) mass is 248 g/mol. The van der Waals surface area contributed by atoms with Crippen LogP contribution in [0.3, 0.4) is 0 Å². The molecule has 0 aliphatic heterocycles. The molecule has 2 aromatic rings. The standard InChI is InChI=1S/C12H13ClN4/c13-10-7-15-12(16-8-10)17-11-3-1-9(2-4-11)5-6-14/h1-4,7-8H,5-6,14H2,(H,15,16,17). The number of hydrogen-bond acceptors (Lipinski definition) is 4. The van der Waals surface area contributed by atoms with E-state index in [2.05, 4.69) is 15.3 Å². The molecule has 0 atom stereocenters. The number of halogens is 1. The van der Waals surface area contributed by atoms with Crippen molar-refractivity contribution in [1.82, 2.24) is 9.97 Å². The summed E-state index contributed by atoms with van der Waals surface area (Å²) < 4.78 is 0. The van der Waals surface area contributed by atoms with Gasteiger partial charge in [0.05, 0.1) is 17.4 Å². The van der Waals surface area contributed by atoms with Gasteiger partial charge < -0.3 is 11.1 Å². The van der Waals surface area contributed by atoms with Gasteiger partial charge in [-0.1, -0.05) is 23.7 Å². The van der Waals surface area contributed by atoms with Crippen molar-refractivity contribution in [3.63, 3.8) is 0 Å². The molecule has 1 aromatic carbocycles. The Bertz CT molecular complexity index is 467. The average Bonchev–Trinajstić information content (AvgIpc) is 2.35. The van der Waals surface area contributed by atoms with Gasteiger partial charge in [0, 0.05) is 5.69 Å². The fourth-order valence-corrected chi connectivity index (χ4v) is 1.52. The molecule has 0 amide bonds. The molecular weight excluding hydrogens is 236 g/mol. The third kappa shape index (κ3) is 3.41. The normalized spacial score (nSPS) is 10.2. The van der Waals surface area contributed by atoms with Gasteiger partial charge in [-0.05, 0) is 30.7 Å².